The van der Waals surface area contributed by atoms with Crippen molar-refractivity contribution in [2.24, 2.45) is 0 Å². The molecule has 132 valence electrons. The van der Waals surface area contributed by atoms with Crippen LogP contribution in [0.15, 0.2) is 0 Å². The third kappa shape index (κ3) is 5.77. The summed E-state index contributed by atoms with van der Waals surface area (Å²) in [5.74, 6) is 0.268. The van der Waals surface area contributed by atoms with E-state index in [9.17, 15) is 9.59 Å². The van der Waals surface area contributed by atoms with Gasteiger partial charge in [0.05, 0.1) is 19.3 Å². The van der Waals surface area contributed by atoms with E-state index in [4.69, 9.17) is 4.74 Å². The number of hydrogen-bond donors (Lipinski definition) is 1. The fourth-order valence-electron chi connectivity index (χ4n) is 3.22. The molecule has 2 aliphatic rings. The lowest BCUT2D eigenvalue weighted by Crippen LogP contribution is -2.54. The number of amides is 2. The van der Waals surface area contributed by atoms with Crippen molar-refractivity contribution in [2.75, 3.05) is 39.4 Å². The first kappa shape index (κ1) is 18.2. The van der Waals surface area contributed by atoms with Crippen molar-refractivity contribution < 1.29 is 14.3 Å². The van der Waals surface area contributed by atoms with Gasteiger partial charge in [0.15, 0.2) is 0 Å². The second kappa shape index (κ2) is 8.11. The van der Waals surface area contributed by atoms with Crippen molar-refractivity contribution in [3.8, 4) is 0 Å². The first-order valence-electron chi connectivity index (χ1n) is 8.78. The van der Waals surface area contributed by atoms with Crippen molar-refractivity contribution in [1.29, 1.82) is 0 Å². The van der Waals surface area contributed by atoms with E-state index in [1.165, 1.54) is 0 Å². The molecule has 0 bridgehead atoms. The molecule has 23 heavy (non-hydrogen) atoms. The summed E-state index contributed by atoms with van der Waals surface area (Å²) < 4.78 is 5.28. The second-order valence-corrected chi connectivity index (χ2v) is 7.53. The van der Waals surface area contributed by atoms with Gasteiger partial charge < -0.3 is 15.0 Å². The third-order valence-electron chi connectivity index (χ3n) is 4.39. The zero-order valence-corrected chi connectivity index (χ0v) is 14.8. The summed E-state index contributed by atoms with van der Waals surface area (Å²) >= 11 is 0. The number of piperidine rings is 1. The Hall–Kier alpha value is -1.14. The minimum absolute atomic E-state index is 0.0935. The number of hydrogen-bond acceptors (Lipinski definition) is 4. The van der Waals surface area contributed by atoms with E-state index in [0.29, 0.717) is 39.3 Å². The smallest absolute Gasteiger partial charge is 0.237 e. The van der Waals surface area contributed by atoms with Crippen LogP contribution >= 0.6 is 0 Å². The molecule has 0 radical (unpaired) electrons. The van der Waals surface area contributed by atoms with Gasteiger partial charge in [-0.25, -0.2) is 0 Å². The van der Waals surface area contributed by atoms with Gasteiger partial charge in [-0.1, -0.05) is 6.42 Å². The van der Waals surface area contributed by atoms with Crippen LogP contribution in [-0.2, 0) is 14.3 Å². The minimum Gasteiger partial charge on any atom is -0.378 e. The molecule has 6 heteroatoms. The van der Waals surface area contributed by atoms with E-state index >= 15 is 0 Å². The van der Waals surface area contributed by atoms with Gasteiger partial charge in [0.1, 0.15) is 0 Å². The molecule has 0 aromatic heterocycles. The molecular formula is C17H31N3O3. The number of carbonyl (C=O) groups is 2. The number of ether oxygens (including phenoxy) is 1. The van der Waals surface area contributed by atoms with Crippen molar-refractivity contribution >= 4 is 11.8 Å². The molecule has 1 atom stereocenters. The van der Waals surface area contributed by atoms with Crippen molar-refractivity contribution in [1.82, 2.24) is 15.1 Å². The Kier molecular flexibility index (Phi) is 6.41. The molecule has 2 fully saturated rings. The van der Waals surface area contributed by atoms with E-state index in [1.54, 1.807) is 0 Å². The van der Waals surface area contributed by atoms with E-state index < -0.39 is 0 Å². The third-order valence-corrected chi connectivity index (χ3v) is 4.39. The van der Waals surface area contributed by atoms with Gasteiger partial charge in [-0.2, -0.15) is 0 Å². The fraction of sp³-hybridized carbons (Fsp3) is 0.882. The Morgan fingerprint density at radius 3 is 2.48 bits per heavy atom. The quantitative estimate of drug-likeness (QED) is 0.838. The maximum absolute atomic E-state index is 12.5. The van der Waals surface area contributed by atoms with E-state index in [0.717, 1.165) is 25.8 Å². The molecule has 0 aromatic carbocycles. The molecule has 2 rings (SSSR count). The predicted octanol–water partition coefficient (Wildman–Crippen LogP) is 1.00. The second-order valence-electron chi connectivity index (χ2n) is 7.53. The molecule has 6 nitrogen and oxygen atoms in total. The van der Waals surface area contributed by atoms with Crippen LogP contribution < -0.4 is 5.32 Å². The van der Waals surface area contributed by atoms with Crippen LogP contribution in [-0.4, -0.2) is 72.6 Å². The summed E-state index contributed by atoms with van der Waals surface area (Å²) in [4.78, 5) is 28.9. The Labute approximate surface area is 139 Å². The van der Waals surface area contributed by atoms with Crippen molar-refractivity contribution in [3.63, 3.8) is 0 Å². The van der Waals surface area contributed by atoms with Gasteiger partial charge in [0.2, 0.25) is 11.8 Å². The summed E-state index contributed by atoms with van der Waals surface area (Å²) in [7, 11) is 0. The number of carbonyl (C=O) groups excluding carboxylic acids is 2. The molecule has 2 saturated heterocycles. The predicted molar refractivity (Wildman–Crippen MR) is 89.1 cm³/mol. The number of morpholine rings is 1. The van der Waals surface area contributed by atoms with Gasteiger partial charge in [0.25, 0.3) is 0 Å². The molecule has 2 amide bonds. The zero-order chi connectivity index (χ0) is 16.9. The lowest BCUT2D eigenvalue weighted by molar-refractivity contribution is -0.137. The highest BCUT2D eigenvalue weighted by Crippen LogP contribution is 2.18. The monoisotopic (exact) mass is 325 g/mol. The summed E-state index contributed by atoms with van der Waals surface area (Å²) in [6.45, 7) is 10.2. The maximum Gasteiger partial charge on any atom is 0.237 e. The van der Waals surface area contributed by atoms with E-state index in [2.05, 4.69) is 10.2 Å². The largest absolute Gasteiger partial charge is 0.378 e. The molecule has 2 aliphatic heterocycles. The normalized spacial score (nSPS) is 23.6. The lowest BCUT2D eigenvalue weighted by atomic mass is 9.99. The highest BCUT2D eigenvalue weighted by molar-refractivity contribution is 5.82. The van der Waals surface area contributed by atoms with Crippen LogP contribution in [0.2, 0.25) is 0 Å². The number of likely N-dealkylation sites (tertiary alicyclic amines) is 1. The zero-order valence-electron chi connectivity index (χ0n) is 14.8. The van der Waals surface area contributed by atoms with Gasteiger partial charge in [0, 0.05) is 31.6 Å². The Bertz CT molecular complexity index is 414. The summed E-state index contributed by atoms with van der Waals surface area (Å²) in [5, 5.41) is 3.08. The molecule has 0 aliphatic carbocycles. The highest BCUT2D eigenvalue weighted by Gasteiger charge is 2.31. The molecular weight excluding hydrogens is 294 g/mol. The van der Waals surface area contributed by atoms with Crippen LogP contribution in [0, 0.1) is 0 Å². The van der Waals surface area contributed by atoms with Crippen LogP contribution in [0.25, 0.3) is 0 Å². The van der Waals surface area contributed by atoms with Crippen LogP contribution in [0.4, 0.5) is 0 Å². The van der Waals surface area contributed by atoms with Gasteiger partial charge in [-0.05, 0) is 40.2 Å². The molecule has 1 unspecified atom stereocenters. The van der Waals surface area contributed by atoms with Gasteiger partial charge in [-0.15, -0.1) is 0 Å². The average molecular weight is 325 g/mol. The SMILES string of the molecule is CC(C)(C)NC(=O)C1CCCCN1CCC(=O)N1CCOCC1. The van der Waals surface area contributed by atoms with Crippen LogP contribution in [0.1, 0.15) is 46.5 Å². The summed E-state index contributed by atoms with van der Waals surface area (Å²) in [6, 6.07) is -0.0968. The van der Waals surface area contributed by atoms with Gasteiger partial charge >= 0.3 is 0 Å². The molecule has 2 heterocycles. The topological polar surface area (TPSA) is 61.9 Å². The first-order chi connectivity index (χ1) is 10.9. The standard InChI is InChI=1S/C17H31N3O3/c1-17(2,3)18-16(22)14-6-4-5-8-19(14)9-7-15(21)20-10-12-23-13-11-20/h14H,4-13H2,1-3H3,(H,18,22). The summed E-state index contributed by atoms with van der Waals surface area (Å²) in [6.07, 6.45) is 3.55. The van der Waals surface area contributed by atoms with Crippen LogP contribution in [0.5, 0.6) is 0 Å². The van der Waals surface area contributed by atoms with Crippen molar-refractivity contribution in [3.05, 3.63) is 0 Å². The Morgan fingerprint density at radius 1 is 1.13 bits per heavy atom. The molecule has 1 N–H and O–H groups in total. The van der Waals surface area contributed by atoms with Crippen molar-refractivity contribution in [2.45, 2.75) is 58.0 Å². The van der Waals surface area contributed by atoms with Crippen LogP contribution in [0.3, 0.4) is 0 Å². The average Bonchev–Trinajstić information content (AvgIpc) is 2.52. The van der Waals surface area contributed by atoms with E-state index in [-0.39, 0.29) is 23.4 Å². The lowest BCUT2D eigenvalue weighted by Gasteiger charge is -2.36. The first-order valence-corrected chi connectivity index (χ1v) is 8.78. The molecule has 0 aromatic rings. The summed E-state index contributed by atoms with van der Waals surface area (Å²) in [5.41, 5.74) is -0.218. The van der Waals surface area contributed by atoms with Gasteiger partial charge in [-0.3, -0.25) is 14.5 Å². The maximum atomic E-state index is 12.5. The Morgan fingerprint density at radius 2 is 1.83 bits per heavy atom. The number of rotatable bonds is 4. The number of nitrogens with one attached hydrogen (secondary N) is 1. The highest BCUT2D eigenvalue weighted by atomic mass is 16.5. The Balaban J connectivity index is 1.85. The molecule has 0 spiro atoms. The molecule has 0 saturated carbocycles. The number of nitrogens with zero attached hydrogens (tertiary/aromatic N) is 2. The fourth-order valence-corrected chi connectivity index (χ4v) is 3.22. The minimum atomic E-state index is -0.218. The van der Waals surface area contributed by atoms with E-state index in [1.807, 2.05) is 25.7 Å².